The van der Waals surface area contributed by atoms with Gasteiger partial charge in [-0.3, -0.25) is 4.79 Å². The van der Waals surface area contributed by atoms with E-state index in [-0.39, 0.29) is 5.91 Å². The van der Waals surface area contributed by atoms with E-state index in [0.29, 0.717) is 0 Å². The Balaban J connectivity index is 2.12. The van der Waals surface area contributed by atoms with Gasteiger partial charge in [-0.1, -0.05) is 50.2 Å². The molecular weight excluding hydrogens is 260 g/mol. The van der Waals surface area contributed by atoms with Crippen LogP contribution in [0.1, 0.15) is 36.6 Å². The second-order valence-corrected chi connectivity index (χ2v) is 5.07. The van der Waals surface area contributed by atoms with Crippen molar-refractivity contribution < 1.29 is 4.79 Å². The quantitative estimate of drug-likeness (QED) is 0.882. The molecule has 0 aliphatic carbocycles. The Kier molecular flexibility index (Phi) is 5.12. The van der Waals surface area contributed by atoms with Crippen molar-refractivity contribution in [2.75, 3.05) is 5.32 Å². The predicted molar refractivity (Wildman–Crippen MR) is 87.2 cm³/mol. The van der Waals surface area contributed by atoms with E-state index in [1.807, 2.05) is 42.5 Å². The zero-order valence-corrected chi connectivity index (χ0v) is 12.6. The average Bonchev–Trinajstić information content (AvgIpc) is 2.54. The molecule has 2 rings (SSSR count). The number of benzene rings is 2. The molecule has 2 aromatic carbocycles. The number of carbonyl (C=O) groups is 1. The summed E-state index contributed by atoms with van der Waals surface area (Å²) in [5.74, 6) is -0.187. The van der Waals surface area contributed by atoms with Crippen molar-refractivity contribution in [3.05, 3.63) is 65.2 Å². The highest BCUT2D eigenvalue weighted by Gasteiger charge is 2.15. The minimum Gasteiger partial charge on any atom is -0.324 e. The summed E-state index contributed by atoms with van der Waals surface area (Å²) in [6.07, 6.45) is 1.96. The number of nitrogens with one attached hydrogen (secondary N) is 1. The van der Waals surface area contributed by atoms with Gasteiger partial charge in [0.25, 0.3) is 0 Å². The first-order valence-corrected chi connectivity index (χ1v) is 7.38. The van der Waals surface area contributed by atoms with Crippen LogP contribution in [0.5, 0.6) is 0 Å². The minimum atomic E-state index is -0.651. The van der Waals surface area contributed by atoms with Gasteiger partial charge in [-0.15, -0.1) is 0 Å². The fraction of sp³-hybridized carbons (Fsp3) is 0.278. The molecule has 1 amide bonds. The Morgan fingerprint density at radius 1 is 1.05 bits per heavy atom. The molecule has 0 aliphatic heterocycles. The maximum atomic E-state index is 12.2. The monoisotopic (exact) mass is 282 g/mol. The van der Waals surface area contributed by atoms with Crippen LogP contribution in [-0.2, 0) is 17.6 Å². The van der Waals surface area contributed by atoms with Crippen molar-refractivity contribution in [1.29, 1.82) is 0 Å². The zero-order valence-electron chi connectivity index (χ0n) is 12.6. The largest absolute Gasteiger partial charge is 0.324 e. The topological polar surface area (TPSA) is 55.1 Å². The maximum absolute atomic E-state index is 12.2. The van der Waals surface area contributed by atoms with Gasteiger partial charge in [0, 0.05) is 5.69 Å². The van der Waals surface area contributed by atoms with Gasteiger partial charge in [0.15, 0.2) is 0 Å². The van der Waals surface area contributed by atoms with Crippen LogP contribution < -0.4 is 11.1 Å². The third-order valence-corrected chi connectivity index (χ3v) is 3.68. The van der Waals surface area contributed by atoms with Gasteiger partial charge in [-0.05, 0) is 41.7 Å². The first kappa shape index (κ1) is 15.3. The summed E-state index contributed by atoms with van der Waals surface area (Å²) in [6, 6.07) is 14.8. The molecule has 0 heterocycles. The van der Waals surface area contributed by atoms with Gasteiger partial charge >= 0.3 is 0 Å². The molecule has 110 valence electrons. The smallest absolute Gasteiger partial charge is 0.245 e. The van der Waals surface area contributed by atoms with Crippen LogP contribution in [0.4, 0.5) is 5.69 Å². The van der Waals surface area contributed by atoms with E-state index in [9.17, 15) is 4.79 Å². The molecule has 0 spiro atoms. The first-order valence-electron chi connectivity index (χ1n) is 7.38. The van der Waals surface area contributed by atoms with E-state index in [0.717, 1.165) is 24.1 Å². The lowest BCUT2D eigenvalue weighted by Crippen LogP contribution is -2.27. The second-order valence-electron chi connectivity index (χ2n) is 5.07. The molecule has 0 fully saturated rings. The summed E-state index contributed by atoms with van der Waals surface area (Å²) in [5, 5.41) is 2.90. The molecule has 1 unspecified atom stereocenters. The van der Waals surface area contributed by atoms with Gasteiger partial charge in [-0.25, -0.2) is 0 Å². The number of aryl methyl sites for hydroxylation is 2. The molecule has 3 N–H and O–H groups in total. The summed E-state index contributed by atoms with van der Waals surface area (Å²) < 4.78 is 0. The van der Waals surface area contributed by atoms with Crippen LogP contribution in [0.15, 0.2) is 48.5 Å². The molecule has 0 radical (unpaired) electrons. The number of amides is 1. The summed E-state index contributed by atoms with van der Waals surface area (Å²) in [5.41, 5.74) is 10.2. The van der Waals surface area contributed by atoms with Crippen LogP contribution in [0.3, 0.4) is 0 Å². The van der Waals surface area contributed by atoms with Crippen LogP contribution in [-0.4, -0.2) is 5.91 Å². The molecule has 3 heteroatoms. The van der Waals surface area contributed by atoms with E-state index in [1.54, 1.807) is 0 Å². The number of nitrogens with two attached hydrogens (primary N) is 1. The van der Waals surface area contributed by atoms with E-state index in [4.69, 9.17) is 5.73 Å². The molecule has 0 aliphatic rings. The average molecular weight is 282 g/mol. The fourth-order valence-corrected chi connectivity index (χ4v) is 2.41. The van der Waals surface area contributed by atoms with Crippen molar-refractivity contribution in [2.24, 2.45) is 5.73 Å². The Labute approximate surface area is 126 Å². The molecule has 1 atom stereocenters. The molecule has 0 bridgehead atoms. The van der Waals surface area contributed by atoms with E-state index in [1.165, 1.54) is 11.1 Å². The summed E-state index contributed by atoms with van der Waals surface area (Å²) in [4.78, 5) is 12.2. The third-order valence-electron chi connectivity index (χ3n) is 3.68. The highest BCUT2D eigenvalue weighted by atomic mass is 16.2. The molecule has 0 saturated carbocycles. The van der Waals surface area contributed by atoms with Crippen molar-refractivity contribution >= 4 is 11.6 Å². The highest BCUT2D eigenvalue weighted by Crippen LogP contribution is 2.19. The second kappa shape index (κ2) is 7.04. The highest BCUT2D eigenvalue weighted by molar-refractivity contribution is 5.95. The molecular formula is C18H22N2O. The summed E-state index contributed by atoms with van der Waals surface area (Å²) in [7, 11) is 0. The Morgan fingerprint density at radius 2 is 1.71 bits per heavy atom. The van der Waals surface area contributed by atoms with Crippen LogP contribution in [0.25, 0.3) is 0 Å². The zero-order chi connectivity index (χ0) is 15.2. The first-order chi connectivity index (χ1) is 10.2. The summed E-state index contributed by atoms with van der Waals surface area (Å²) in [6.45, 7) is 4.26. The molecule has 2 aromatic rings. The van der Waals surface area contributed by atoms with E-state index in [2.05, 4.69) is 25.2 Å². The molecule has 21 heavy (non-hydrogen) atoms. The lowest BCUT2D eigenvalue weighted by molar-refractivity contribution is -0.117. The van der Waals surface area contributed by atoms with Crippen molar-refractivity contribution in [3.8, 4) is 0 Å². The molecule has 3 nitrogen and oxygen atoms in total. The van der Waals surface area contributed by atoms with Crippen molar-refractivity contribution in [2.45, 2.75) is 32.7 Å². The third kappa shape index (κ3) is 3.70. The standard InChI is InChI=1S/C18H22N2O/c1-3-13-10-11-16(12-14(13)4-2)20-18(21)17(19)15-8-6-5-7-9-15/h5-12,17H,3-4,19H2,1-2H3,(H,20,21). The van der Waals surface area contributed by atoms with Gasteiger partial charge in [0.05, 0.1) is 0 Å². The van der Waals surface area contributed by atoms with Gasteiger partial charge in [-0.2, -0.15) is 0 Å². The van der Waals surface area contributed by atoms with Gasteiger partial charge in [0.1, 0.15) is 6.04 Å². The van der Waals surface area contributed by atoms with E-state index >= 15 is 0 Å². The normalized spacial score (nSPS) is 12.0. The lowest BCUT2D eigenvalue weighted by atomic mass is 10.0. The van der Waals surface area contributed by atoms with E-state index < -0.39 is 6.04 Å². The maximum Gasteiger partial charge on any atom is 0.245 e. The number of carbonyl (C=O) groups excluding carboxylic acids is 1. The number of anilines is 1. The van der Waals surface area contributed by atoms with Gasteiger partial charge < -0.3 is 11.1 Å². The minimum absolute atomic E-state index is 0.187. The number of hydrogen-bond donors (Lipinski definition) is 2. The number of rotatable bonds is 5. The molecule has 0 saturated heterocycles. The molecule has 0 aromatic heterocycles. The Morgan fingerprint density at radius 3 is 2.33 bits per heavy atom. The lowest BCUT2D eigenvalue weighted by Gasteiger charge is -2.14. The predicted octanol–water partition coefficient (Wildman–Crippen LogP) is 3.45. The SMILES string of the molecule is CCc1ccc(NC(=O)C(N)c2ccccc2)cc1CC. The Bertz CT molecular complexity index is 608. The summed E-state index contributed by atoms with van der Waals surface area (Å²) >= 11 is 0. The van der Waals surface area contributed by atoms with Crippen LogP contribution in [0.2, 0.25) is 0 Å². The van der Waals surface area contributed by atoms with Gasteiger partial charge in [0.2, 0.25) is 5.91 Å². The van der Waals surface area contributed by atoms with Crippen molar-refractivity contribution in [1.82, 2.24) is 0 Å². The fourth-order valence-electron chi connectivity index (χ4n) is 2.41. The number of hydrogen-bond acceptors (Lipinski definition) is 2. The van der Waals surface area contributed by atoms with Crippen LogP contribution >= 0.6 is 0 Å². The van der Waals surface area contributed by atoms with Crippen LogP contribution in [0, 0.1) is 0 Å². The van der Waals surface area contributed by atoms with Crippen molar-refractivity contribution in [3.63, 3.8) is 0 Å². The Hall–Kier alpha value is -2.13.